The van der Waals surface area contributed by atoms with Crippen LogP contribution in [0.15, 0.2) is 0 Å². The summed E-state index contributed by atoms with van der Waals surface area (Å²) in [7, 11) is 0. The third-order valence-electron chi connectivity index (χ3n) is 2.85. The summed E-state index contributed by atoms with van der Waals surface area (Å²) in [6.07, 6.45) is 3.57. The van der Waals surface area contributed by atoms with E-state index in [4.69, 9.17) is 10.5 Å². The Bertz CT molecular complexity index is 159. The molecule has 3 unspecified atom stereocenters. The van der Waals surface area contributed by atoms with E-state index in [9.17, 15) is 5.11 Å². The van der Waals surface area contributed by atoms with Gasteiger partial charge in [-0.1, -0.05) is 6.92 Å². The quantitative estimate of drug-likeness (QED) is 0.691. The van der Waals surface area contributed by atoms with E-state index in [0.29, 0.717) is 6.61 Å². The zero-order valence-electron chi connectivity index (χ0n) is 8.62. The minimum absolute atomic E-state index is 0.0226. The van der Waals surface area contributed by atoms with Gasteiger partial charge in [0.1, 0.15) is 0 Å². The van der Waals surface area contributed by atoms with Crippen LogP contribution in [0.5, 0.6) is 0 Å². The highest BCUT2D eigenvalue weighted by Crippen LogP contribution is 2.22. The highest BCUT2D eigenvalue weighted by atomic mass is 16.5. The number of aliphatic hydroxyl groups is 1. The van der Waals surface area contributed by atoms with Gasteiger partial charge in [0.25, 0.3) is 0 Å². The average molecular weight is 187 g/mol. The maximum absolute atomic E-state index is 9.49. The lowest BCUT2D eigenvalue weighted by Gasteiger charge is -2.25. The zero-order valence-corrected chi connectivity index (χ0v) is 8.62. The third-order valence-corrected chi connectivity index (χ3v) is 2.85. The number of aliphatic hydroxyl groups excluding tert-OH is 1. The molecule has 0 spiro atoms. The first kappa shape index (κ1) is 11.0. The van der Waals surface area contributed by atoms with E-state index in [1.54, 1.807) is 0 Å². The molecule has 3 N–H and O–H groups in total. The standard InChI is InChI=1S/C10H21NO2/c1-3-10(2,11)7-13-9-6-4-5-8(9)12/h8-9,12H,3-7,11H2,1-2H3. The monoisotopic (exact) mass is 187 g/mol. The van der Waals surface area contributed by atoms with Crippen LogP contribution in [0.4, 0.5) is 0 Å². The Morgan fingerprint density at radius 1 is 1.54 bits per heavy atom. The first-order chi connectivity index (χ1) is 6.05. The van der Waals surface area contributed by atoms with Crippen LogP contribution in [0, 0.1) is 0 Å². The van der Waals surface area contributed by atoms with Crippen LogP contribution in [0.3, 0.4) is 0 Å². The lowest BCUT2D eigenvalue weighted by Crippen LogP contribution is -2.42. The molecule has 0 aromatic heterocycles. The van der Waals surface area contributed by atoms with Crippen LogP contribution in [0.1, 0.15) is 39.5 Å². The van der Waals surface area contributed by atoms with Crippen molar-refractivity contribution in [3.8, 4) is 0 Å². The molecular weight excluding hydrogens is 166 g/mol. The van der Waals surface area contributed by atoms with Gasteiger partial charge in [-0.25, -0.2) is 0 Å². The van der Waals surface area contributed by atoms with E-state index in [1.807, 2.05) is 6.92 Å². The fourth-order valence-corrected chi connectivity index (χ4v) is 1.50. The second-order valence-corrected chi connectivity index (χ2v) is 4.36. The normalized spacial score (nSPS) is 33.2. The van der Waals surface area contributed by atoms with E-state index in [-0.39, 0.29) is 17.7 Å². The Labute approximate surface area is 80.3 Å². The van der Waals surface area contributed by atoms with Crippen molar-refractivity contribution in [1.82, 2.24) is 0 Å². The predicted octanol–water partition coefficient (Wildman–Crippen LogP) is 1.04. The second-order valence-electron chi connectivity index (χ2n) is 4.36. The highest BCUT2D eigenvalue weighted by molar-refractivity contribution is 4.81. The van der Waals surface area contributed by atoms with Gasteiger partial charge in [-0.15, -0.1) is 0 Å². The molecule has 3 nitrogen and oxygen atoms in total. The molecule has 0 saturated heterocycles. The SMILES string of the molecule is CCC(C)(N)COC1CCCC1O. The van der Waals surface area contributed by atoms with E-state index in [0.717, 1.165) is 25.7 Å². The topological polar surface area (TPSA) is 55.5 Å². The molecule has 1 aliphatic carbocycles. The minimum Gasteiger partial charge on any atom is -0.390 e. The fraction of sp³-hybridized carbons (Fsp3) is 1.00. The number of hydrogen-bond donors (Lipinski definition) is 2. The Hall–Kier alpha value is -0.120. The molecule has 0 bridgehead atoms. The first-order valence-corrected chi connectivity index (χ1v) is 5.14. The molecule has 0 heterocycles. The lowest BCUT2D eigenvalue weighted by molar-refractivity contribution is -0.0354. The average Bonchev–Trinajstić information content (AvgIpc) is 2.48. The maximum atomic E-state index is 9.49. The molecule has 0 aromatic carbocycles. The van der Waals surface area contributed by atoms with Gasteiger partial charge in [0.15, 0.2) is 0 Å². The van der Waals surface area contributed by atoms with Crippen LogP contribution < -0.4 is 5.73 Å². The van der Waals surface area contributed by atoms with Crippen molar-refractivity contribution in [2.75, 3.05) is 6.61 Å². The largest absolute Gasteiger partial charge is 0.390 e. The smallest absolute Gasteiger partial charge is 0.0834 e. The number of ether oxygens (including phenoxy) is 1. The van der Waals surface area contributed by atoms with Crippen molar-refractivity contribution < 1.29 is 9.84 Å². The van der Waals surface area contributed by atoms with Gasteiger partial charge in [0, 0.05) is 5.54 Å². The highest BCUT2D eigenvalue weighted by Gasteiger charge is 2.28. The number of rotatable bonds is 4. The zero-order chi connectivity index (χ0) is 9.90. The molecule has 0 radical (unpaired) electrons. The van der Waals surface area contributed by atoms with E-state index < -0.39 is 0 Å². The Morgan fingerprint density at radius 3 is 2.69 bits per heavy atom. The molecule has 0 aliphatic heterocycles. The minimum atomic E-state index is -0.271. The summed E-state index contributed by atoms with van der Waals surface area (Å²) in [5.41, 5.74) is 5.69. The van der Waals surface area contributed by atoms with Crippen LogP contribution in [0.2, 0.25) is 0 Å². The van der Waals surface area contributed by atoms with Crippen molar-refractivity contribution >= 4 is 0 Å². The van der Waals surface area contributed by atoms with Gasteiger partial charge in [0.2, 0.25) is 0 Å². The molecule has 0 amide bonds. The van der Waals surface area contributed by atoms with Crippen LogP contribution >= 0.6 is 0 Å². The first-order valence-electron chi connectivity index (χ1n) is 5.14. The summed E-state index contributed by atoms with van der Waals surface area (Å²) in [5.74, 6) is 0. The molecule has 1 rings (SSSR count). The molecule has 1 saturated carbocycles. The van der Waals surface area contributed by atoms with Crippen LogP contribution in [-0.2, 0) is 4.74 Å². The Morgan fingerprint density at radius 2 is 2.23 bits per heavy atom. The second kappa shape index (κ2) is 4.40. The van der Waals surface area contributed by atoms with E-state index in [1.165, 1.54) is 0 Å². The van der Waals surface area contributed by atoms with Gasteiger partial charge in [0.05, 0.1) is 18.8 Å². The summed E-state index contributed by atoms with van der Waals surface area (Å²) in [5, 5.41) is 9.49. The molecular formula is C10H21NO2. The van der Waals surface area contributed by atoms with E-state index >= 15 is 0 Å². The van der Waals surface area contributed by atoms with E-state index in [2.05, 4.69) is 6.92 Å². The van der Waals surface area contributed by atoms with Crippen LogP contribution in [-0.4, -0.2) is 29.5 Å². The van der Waals surface area contributed by atoms with Gasteiger partial charge in [-0.2, -0.15) is 0 Å². The summed E-state index contributed by atoms with van der Waals surface area (Å²) in [6.45, 7) is 4.58. The van der Waals surface area contributed by atoms with Crippen molar-refractivity contribution in [3.05, 3.63) is 0 Å². The van der Waals surface area contributed by atoms with Crippen molar-refractivity contribution in [3.63, 3.8) is 0 Å². The van der Waals surface area contributed by atoms with Crippen molar-refractivity contribution in [1.29, 1.82) is 0 Å². The summed E-state index contributed by atoms with van der Waals surface area (Å²) >= 11 is 0. The summed E-state index contributed by atoms with van der Waals surface area (Å²) < 4.78 is 5.60. The fourth-order valence-electron chi connectivity index (χ4n) is 1.50. The molecule has 1 aliphatic rings. The van der Waals surface area contributed by atoms with Gasteiger partial charge in [-0.3, -0.25) is 0 Å². The summed E-state index contributed by atoms with van der Waals surface area (Å²) in [6, 6.07) is 0. The summed E-state index contributed by atoms with van der Waals surface area (Å²) in [4.78, 5) is 0. The third kappa shape index (κ3) is 3.25. The molecule has 3 heteroatoms. The van der Waals surface area contributed by atoms with Gasteiger partial charge < -0.3 is 15.6 Å². The maximum Gasteiger partial charge on any atom is 0.0834 e. The Balaban J connectivity index is 2.25. The Kier molecular flexibility index (Phi) is 3.71. The molecule has 1 fully saturated rings. The number of hydrogen-bond acceptors (Lipinski definition) is 3. The predicted molar refractivity (Wildman–Crippen MR) is 52.5 cm³/mol. The molecule has 78 valence electrons. The van der Waals surface area contributed by atoms with Crippen molar-refractivity contribution in [2.24, 2.45) is 5.73 Å². The number of nitrogens with two attached hydrogens (primary N) is 1. The van der Waals surface area contributed by atoms with Crippen molar-refractivity contribution in [2.45, 2.75) is 57.3 Å². The molecule has 3 atom stereocenters. The molecule has 13 heavy (non-hydrogen) atoms. The van der Waals surface area contributed by atoms with Crippen LogP contribution in [0.25, 0.3) is 0 Å². The van der Waals surface area contributed by atoms with Gasteiger partial charge >= 0.3 is 0 Å². The lowest BCUT2D eigenvalue weighted by atomic mass is 10.0. The van der Waals surface area contributed by atoms with Gasteiger partial charge in [-0.05, 0) is 32.6 Å². The molecule has 0 aromatic rings.